The Morgan fingerprint density at radius 2 is 2.17 bits per heavy atom. The van der Waals surface area contributed by atoms with Crippen LogP contribution in [-0.2, 0) is 11.3 Å². The van der Waals surface area contributed by atoms with Crippen LogP contribution >= 0.6 is 0 Å². The normalized spacial score (nSPS) is 26.5. The lowest BCUT2D eigenvalue weighted by Crippen LogP contribution is -2.40. The lowest BCUT2D eigenvalue weighted by Gasteiger charge is -2.28. The minimum absolute atomic E-state index is 0.000444. The molecule has 0 radical (unpaired) electrons. The van der Waals surface area contributed by atoms with E-state index in [0.717, 1.165) is 11.8 Å². The number of fused-ring (bicyclic) bond motifs is 2. The molecule has 1 heterocycles. The standard InChI is InChI=1S/C17H26N4O3/c1-10(15-9-13-4-5-14(15)8-13)18-16(22)6-7-20-12(3)17(21(23)24)11(2)19-20/h10,13-15H,4-9H2,1-3H3,(H,18,22)/t10-,13+,14+,15-/m1/s1. The highest BCUT2D eigenvalue weighted by molar-refractivity contribution is 5.76. The summed E-state index contributed by atoms with van der Waals surface area (Å²) in [6.45, 7) is 5.78. The van der Waals surface area contributed by atoms with E-state index >= 15 is 0 Å². The molecule has 1 aromatic rings. The summed E-state index contributed by atoms with van der Waals surface area (Å²) in [4.78, 5) is 22.9. The molecule has 2 bridgehead atoms. The van der Waals surface area contributed by atoms with E-state index in [9.17, 15) is 14.9 Å². The van der Waals surface area contributed by atoms with E-state index in [1.54, 1.807) is 18.5 Å². The van der Waals surface area contributed by atoms with Gasteiger partial charge in [0.25, 0.3) is 0 Å². The highest BCUT2D eigenvalue weighted by Gasteiger charge is 2.42. The lowest BCUT2D eigenvalue weighted by atomic mass is 9.84. The Morgan fingerprint density at radius 3 is 2.71 bits per heavy atom. The highest BCUT2D eigenvalue weighted by atomic mass is 16.6. The average Bonchev–Trinajstić information content (AvgIpc) is 3.19. The Labute approximate surface area is 142 Å². The van der Waals surface area contributed by atoms with Gasteiger partial charge in [0.2, 0.25) is 5.91 Å². The van der Waals surface area contributed by atoms with Gasteiger partial charge in [-0.15, -0.1) is 0 Å². The van der Waals surface area contributed by atoms with Gasteiger partial charge in [-0.1, -0.05) is 6.42 Å². The molecule has 7 heteroatoms. The summed E-state index contributed by atoms with van der Waals surface area (Å²) in [5.41, 5.74) is 0.950. The molecule has 0 spiro atoms. The van der Waals surface area contributed by atoms with Crippen LogP contribution in [-0.4, -0.2) is 26.7 Å². The zero-order valence-corrected chi connectivity index (χ0v) is 14.6. The van der Waals surface area contributed by atoms with Crippen molar-refractivity contribution in [1.29, 1.82) is 0 Å². The maximum atomic E-state index is 12.2. The van der Waals surface area contributed by atoms with E-state index in [2.05, 4.69) is 17.3 Å². The molecule has 0 saturated heterocycles. The number of nitrogens with zero attached hydrogens (tertiary/aromatic N) is 3. The Kier molecular flexibility index (Phi) is 4.60. The Bertz CT molecular complexity index is 655. The Morgan fingerprint density at radius 1 is 1.42 bits per heavy atom. The minimum Gasteiger partial charge on any atom is -0.353 e. The quantitative estimate of drug-likeness (QED) is 0.640. The minimum atomic E-state index is -0.411. The van der Waals surface area contributed by atoms with E-state index in [4.69, 9.17) is 0 Å². The molecule has 0 aliphatic heterocycles. The second-order valence-corrected chi connectivity index (χ2v) is 7.44. The first-order valence-electron chi connectivity index (χ1n) is 8.84. The van der Waals surface area contributed by atoms with Crippen LogP contribution < -0.4 is 5.32 Å². The molecule has 2 aliphatic carbocycles. The van der Waals surface area contributed by atoms with E-state index < -0.39 is 4.92 Å². The van der Waals surface area contributed by atoms with Gasteiger partial charge in [-0.25, -0.2) is 0 Å². The number of amides is 1. The number of hydrogen-bond acceptors (Lipinski definition) is 4. The van der Waals surface area contributed by atoms with Gasteiger partial charge in [0.15, 0.2) is 0 Å². The van der Waals surface area contributed by atoms with Crippen molar-refractivity contribution in [2.75, 3.05) is 0 Å². The molecule has 2 saturated carbocycles. The van der Waals surface area contributed by atoms with Crippen molar-refractivity contribution in [3.05, 3.63) is 21.5 Å². The molecule has 1 amide bonds. The number of aryl methyl sites for hydroxylation is 2. The van der Waals surface area contributed by atoms with Crippen molar-refractivity contribution in [3.8, 4) is 0 Å². The summed E-state index contributed by atoms with van der Waals surface area (Å²) >= 11 is 0. The molecular weight excluding hydrogens is 308 g/mol. The molecule has 0 aromatic carbocycles. The molecule has 132 valence electrons. The van der Waals surface area contributed by atoms with Gasteiger partial charge in [-0.05, 0) is 57.8 Å². The highest BCUT2D eigenvalue weighted by Crippen LogP contribution is 2.49. The van der Waals surface area contributed by atoms with Gasteiger partial charge >= 0.3 is 5.69 Å². The van der Waals surface area contributed by atoms with E-state index in [1.807, 2.05) is 0 Å². The summed E-state index contributed by atoms with van der Waals surface area (Å²) < 4.78 is 1.56. The third-order valence-corrected chi connectivity index (χ3v) is 5.90. The Balaban J connectivity index is 1.53. The first kappa shape index (κ1) is 16.9. The number of nitro groups is 1. The predicted octanol–water partition coefficient (Wildman–Crippen LogP) is 2.74. The van der Waals surface area contributed by atoms with E-state index in [1.165, 1.54) is 25.7 Å². The second kappa shape index (κ2) is 6.53. The molecule has 1 aromatic heterocycles. The molecule has 2 aliphatic rings. The number of nitrogens with one attached hydrogen (secondary N) is 1. The van der Waals surface area contributed by atoms with Crippen molar-refractivity contribution in [3.63, 3.8) is 0 Å². The fourth-order valence-corrected chi connectivity index (χ4v) is 4.72. The zero-order valence-electron chi connectivity index (χ0n) is 14.6. The lowest BCUT2D eigenvalue weighted by molar-refractivity contribution is -0.386. The maximum Gasteiger partial charge on any atom is 0.312 e. The van der Waals surface area contributed by atoms with Gasteiger partial charge in [0, 0.05) is 12.5 Å². The topological polar surface area (TPSA) is 90.1 Å². The van der Waals surface area contributed by atoms with Crippen molar-refractivity contribution in [2.24, 2.45) is 17.8 Å². The van der Waals surface area contributed by atoms with Crippen LogP contribution in [0.2, 0.25) is 0 Å². The molecule has 4 atom stereocenters. The predicted molar refractivity (Wildman–Crippen MR) is 89.5 cm³/mol. The van der Waals surface area contributed by atoms with E-state index in [0.29, 0.717) is 30.3 Å². The van der Waals surface area contributed by atoms with Gasteiger partial charge in [0.05, 0.1) is 11.5 Å². The summed E-state index contributed by atoms with van der Waals surface area (Å²) in [6, 6.07) is 0.211. The number of rotatable bonds is 6. The Hall–Kier alpha value is -1.92. The summed E-state index contributed by atoms with van der Waals surface area (Å²) in [7, 11) is 0. The fourth-order valence-electron chi connectivity index (χ4n) is 4.72. The molecule has 7 nitrogen and oxygen atoms in total. The van der Waals surface area contributed by atoms with Crippen molar-refractivity contribution in [2.45, 2.75) is 65.5 Å². The number of aromatic nitrogens is 2. The first-order chi connectivity index (χ1) is 11.4. The van der Waals surface area contributed by atoms with Crippen molar-refractivity contribution in [1.82, 2.24) is 15.1 Å². The summed E-state index contributed by atoms with van der Waals surface area (Å²) in [5.74, 6) is 2.27. The van der Waals surface area contributed by atoms with Crippen molar-refractivity contribution < 1.29 is 9.72 Å². The number of carbonyl (C=O) groups excluding carboxylic acids is 1. The van der Waals surface area contributed by atoms with Crippen LogP contribution in [0.1, 0.15) is 50.4 Å². The SMILES string of the molecule is Cc1nn(CCC(=O)N[C@H](C)[C@H]2C[C@H]3CC[C@H]2C3)c(C)c1[N+](=O)[O-]. The van der Waals surface area contributed by atoms with Crippen LogP contribution in [0.25, 0.3) is 0 Å². The molecule has 1 N–H and O–H groups in total. The summed E-state index contributed by atoms with van der Waals surface area (Å²) in [5, 5.41) is 18.3. The van der Waals surface area contributed by atoms with Crippen LogP contribution in [0.4, 0.5) is 5.69 Å². The third kappa shape index (κ3) is 3.16. The number of carbonyl (C=O) groups is 1. The summed E-state index contributed by atoms with van der Waals surface area (Å²) in [6.07, 6.45) is 5.55. The van der Waals surface area contributed by atoms with Gasteiger partial charge in [-0.3, -0.25) is 19.6 Å². The van der Waals surface area contributed by atoms with Gasteiger partial charge in [-0.2, -0.15) is 5.10 Å². The molecule has 0 unspecified atom stereocenters. The van der Waals surface area contributed by atoms with Crippen molar-refractivity contribution >= 4 is 11.6 Å². The van der Waals surface area contributed by atoms with Crippen LogP contribution in [0.5, 0.6) is 0 Å². The molecule has 2 fully saturated rings. The van der Waals surface area contributed by atoms with Crippen LogP contribution in [0.15, 0.2) is 0 Å². The monoisotopic (exact) mass is 334 g/mol. The fraction of sp³-hybridized carbons (Fsp3) is 0.765. The first-order valence-corrected chi connectivity index (χ1v) is 8.84. The smallest absolute Gasteiger partial charge is 0.312 e. The number of hydrogen-bond donors (Lipinski definition) is 1. The molecular formula is C17H26N4O3. The van der Waals surface area contributed by atoms with E-state index in [-0.39, 0.29) is 17.6 Å². The van der Waals surface area contributed by atoms with Gasteiger partial charge < -0.3 is 5.32 Å². The largest absolute Gasteiger partial charge is 0.353 e. The second-order valence-electron chi connectivity index (χ2n) is 7.44. The third-order valence-electron chi connectivity index (χ3n) is 5.90. The molecule has 3 rings (SSSR count). The maximum absolute atomic E-state index is 12.2. The molecule has 24 heavy (non-hydrogen) atoms. The zero-order chi connectivity index (χ0) is 17.4. The van der Waals surface area contributed by atoms with Crippen LogP contribution in [0, 0.1) is 41.7 Å². The van der Waals surface area contributed by atoms with Gasteiger partial charge in [0.1, 0.15) is 11.4 Å². The average molecular weight is 334 g/mol. The van der Waals surface area contributed by atoms with Crippen LogP contribution in [0.3, 0.4) is 0 Å².